The van der Waals surface area contributed by atoms with Crippen LogP contribution in [0.5, 0.6) is 0 Å². The van der Waals surface area contributed by atoms with Crippen LogP contribution in [0.3, 0.4) is 0 Å². The Morgan fingerprint density at radius 2 is 2.17 bits per heavy atom. The molecular formula is C13H12ClN3S. The minimum absolute atomic E-state index is 0.300. The van der Waals surface area contributed by atoms with Crippen molar-refractivity contribution in [3.63, 3.8) is 0 Å². The highest BCUT2D eigenvalue weighted by molar-refractivity contribution is 7.80. The van der Waals surface area contributed by atoms with Gasteiger partial charge in [-0.05, 0) is 36.8 Å². The maximum atomic E-state index is 6.16. The van der Waals surface area contributed by atoms with Gasteiger partial charge < -0.3 is 11.1 Å². The van der Waals surface area contributed by atoms with Gasteiger partial charge in [-0.3, -0.25) is 0 Å². The molecule has 2 rings (SSSR count). The van der Waals surface area contributed by atoms with E-state index < -0.39 is 0 Å². The molecule has 92 valence electrons. The highest BCUT2D eigenvalue weighted by atomic mass is 35.5. The largest absolute Gasteiger partial charge is 0.389 e. The van der Waals surface area contributed by atoms with Gasteiger partial charge in [-0.15, -0.1) is 0 Å². The van der Waals surface area contributed by atoms with Crippen LogP contribution in [0, 0.1) is 6.92 Å². The molecule has 0 fully saturated rings. The summed E-state index contributed by atoms with van der Waals surface area (Å²) < 4.78 is 0. The second-order valence-electron chi connectivity index (χ2n) is 3.87. The molecule has 0 aliphatic rings. The molecule has 0 radical (unpaired) electrons. The molecule has 5 heteroatoms. The molecule has 1 aromatic heterocycles. The van der Waals surface area contributed by atoms with Crippen LogP contribution in [0.15, 0.2) is 36.5 Å². The monoisotopic (exact) mass is 277 g/mol. The first-order valence-electron chi connectivity index (χ1n) is 5.36. The molecule has 0 aliphatic heterocycles. The molecule has 0 atom stereocenters. The maximum absolute atomic E-state index is 6.16. The lowest BCUT2D eigenvalue weighted by atomic mass is 10.2. The number of nitrogens with zero attached hydrogens (tertiary/aromatic N) is 1. The third-order valence-electron chi connectivity index (χ3n) is 2.45. The standard InChI is InChI=1S/C13H12ClN3S/c1-8-4-5-11(10(14)7-8)17-13-9(12(15)18)3-2-6-16-13/h2-7H,1H3,(H2,15,18)(H,16,17). The predicted octanol–water partition coefficient (Wildman–Crippen LogP) is 3.42. The average molecular weight is 278 g/mol. The Balaban J connectivity index is 2.37. The van der Waals surface area contributed by atoms with Crippen LogP contribution in [-0.2, 0) is 0 Å². The third kappa shape index (κ3) is 2.78. The zero-order valence-corrected chi connectivity index (χ0v) is 11.3. The fraction of sp³-hybridized carbons (Fsp3) is 0.0769. The molecule has 3 N–H and O–H groups in total. The Labute approximate surface area is 116 Å². The van der Waals surface area contributed by atoms with E-state index in [9.17, 15) is 0 Å². The van der Waals surface area contributed by atoms with Crippen LogP contribution >= 0.6 is 23.8 Å². The molecule has 0 spiro atoms. The second-order valence-corrected chi connectivity index (χ2v) is 4.72. The van der Waals surface area contributed by atoms with Crippen molar-refractivity contribution in [2.45, 2.75) is 6.92 Å². The van der Waals surface area contributed by atoms with Gasteiger partial charge in [0.2, 0.25) is 0 Å². The van der Waals surface area contributed by atoms with E-state index in [-0.39, 0.29) is 0 Å². The van der Waals surface area contributed by atoms with Gasteiger partial charge in [0.15, 0.2) is 0 Å². The number of aromatic nitrogens is 1. The van der Waals surface area contributed by atoms with Gasteiger partial charge in [0, 0.05) is 6.20 Å². The summed E-state index contributed by atoms with van der Waals surface area (Å²) in [6.07, 6.45) is 1.67. The summed E-state index contributed by atoms with van der Waals surface area (Å²) in [7, 11) is 0. The fourth-order valence-electron chi connectivity index (χ4n) is 1.55. The van der Waals surface area contributed by atoms with Crippen molar-refractivity contribution in [3.05, 3.63) is 52.7 Å². The zero-order valence-electron chi connectivity index (χ0n) is 9.77. The van der Waals surface area contributed by atoms with E-state index in [0.29, 0.717) is 21.4 Å². The third-order valence-corrected chi connectivity index (χ3v) is 2.98. The number of thiocarbonyl (C=S) groups is 1. The van der Waals surface area contributed by atoms with Crippen molar-refractivity contribution in [2.24, 2.45) is 5.73 Å². The van der Waals surface area contributed by atoms with Crippen molar-refractivity contribution in [2.75, 3.05) is 5.32 Å². The molecule has 3 nitrogen and oxygen atoms in total. The number of hydrogen-bond acceptors (Lipinski definition) is 3. The normalized spacial score (nSPS) is 10.1. The van der Waals surface area contributed by atoms with Gasteiger partial charge in [0.1, 0.15) is 10.8 Å². The van der Waals surface area contributed by atoms with Gasteiger partial charge >= 0.3 is 0 Å². The van der Waals surface area contributed by atoms with Gasteiger partial charge in [0.25, 0.3) is 0 Å². The molecule has 0 bridgehead atoms. The molecule has 18 heavy (non-hydrogen) atoms. The van der Waals surface area contributed by atoms with Gasteiger partial charge in [-0.25, -0.2) is 4.98 Å². The molecule has 1 heterocycles. The summed E-state index contributed by atoms with van der Waals surface area (Å²) in [6.45, 7) is 1.98. The van der Waals surface area contributed by atoms with Crippen LogP contribution in [-0.4, -0.2) is 9.97 Å². The zero-order chi connectivity index (χ0) is 13.1. The van der Waals surface area contributed by atoms with E-state index >= 15 is 0 Å². The first-order chi connectivity index (χ1) is 8.58. The quantitative estimate of drug-likeness (QED) is 0.844. The van der Waals surface area contributed by atoms with E-state index in [2.05, 4.69) is 10.3 Å². The highest BCUT2D eigenvalue weighted by Crippen LogP contribution is 2.26. The van der Waals surface area contributed by atoms with Crippen molar-refractivity contribution < 1.29 is 0 Å². The van der Waals surface area contributed by atoms with E-state index in [0.717, 1.165) is 11.3 Å². The number of nitrogens with one attached hydrogen (secondary N) is 1. The van der Waals surface area contributed by atoms with Gasteiger partial charge in [-0.1, -0.05) is 29.9 Å². The Kier molecular flexibility index (Phi) is 3.79. The first kappa shape index (κ1) is 12.8. The Morgan fingerprint density at radius 3 is 2.83 bits per heavy atom. The average Bonchev–Trinajstić information content (AvgIpc) is 2.33. The number of anilines is 2. The number of nitrogens with two attached hydrogens (primary N) is 1. The van der Waals surface area contributed by atoms with Crippen molar-refractivity contribution >= 4 is 40.3 Å². The van der Waals surface area contributed by atoms with E-state index in [1.807, 2.05) is 31.2 Å². The fourth-order valence-corrected chi connectivity index (χ4v) is 2.00. The number of aryl methyl sites for hydroxylation is 1. The number of hydrogen-bond donors (Lipinski definition) is 2. The van der Waals surface area contributed by atoms with Crippen LogP contribution in [0.1, 0.15) is 11.1 Å². The van der Waals surface area contributed by atoms with E-state index in [4.69, 9.17) is 29.6 Å². The van der Waals surface area contributed by atoms with E-state index in [1.54, 1.807) is 12.3 Å². The number of benzene rings is 1. The van der Waals surface area contributed by atoms with Gasteiger partial charge in [-0.2, -0.15) is 0 Å². The molecule has 0 saturated carbocycles. The Hall–Kier alpha value is -1.65. The minimum atomic E-state index is 0.300. The summed E-state index contributed by atoms with van der Waals surface area (Å²) in [5, 5.41) is 3.77. The molecule has 0 aliphatic carbocycles. The predicted molar refractivity (Wildman–Crippen MR) is 79.6 cm³/mol. The molecule has 0 saturated heterocycles. The number of rotatable bonds is 3. The van der Waals surface area contributed by atoms with Crippen LogP contribution in [0.2, 0.25) is 5.02 Å². The van der Waals surface area contributed by atoms with Crippen molar-refractivity contribution in [1.29, 1.82) is 0 Å². The summed E-state index contributed by atoms with van der Waals surface area (Å²) in [5.41, 5.74) is 8.22. The summed E-state index contributed by atoms with van der Waals surface area (Å²) in [4.78, 5) is 4.52. The molecule has 0 unspecified atom stereocenters. The molecule has 1 aromatic carbocycles. The maximum Gasteiger partial charge on any atom is 0.140 e. The molecule has 2 aromatic rings. The molecule has 0 amide bonds. The van der Waals surface area contributed by atoms with Crippen LogP contribution in [0.25, 0.3) is 0 Å². The SMILES string of the molecule is Cc1ccc(Nc2ncccc2C(N)=S)c(Cl)c1. The Bertz CT molecular complexity index is 599. The van der Waals surface area contributed by atoms with Crippen LogP contribution < -0.4 is 11.1 Å². The Morgan fingerprint density at radius 1 is 1.39 bits per heavy atom. The first-order valence-corrected chi connectivity index (χ1v) is 6.14. The minimum Gasteiger partial charge on any atom is -0.389 e. The lowest BCUT2D eigenvalue weighted by molar-refractivity contribution is 1.29. The van der Waals surface area contributed by atoms with Crippen molar-refractivity contribution in [1.82, 2.24) is 4.98 Å². The number of pyridine rings is 1. The summed E-state index contributed by atoms with van der Waals surface area (Å²) in [6, 6.07) is 9.36. The highest BCUT2D eigenvalue weighted by Gasteiger charge is 2.08. The molecular weight excluding hydrogens is 266 g/mol. The van der Waals surface area contributed by atoms with Crippen LogP contribution in [0.4, 0.5) is 11.5 Å². The lowest BCUT2D eigenvalue weighted by Gasteiger charge is -2.11. The van der Waals surface area contributed by atoms with Gasteiger partial charge in [0.05, 0.1) is 16.3 Å². The van der Waals surface area contributed by atoms with E-state index in [1.165, 1.54) is 0 Å². The summed E-state index contributed by atoms with van der Waals surface area (Å²) in [5.74, 6) is 0.607. The number of halogens is 1. The summed E-state index contributed by atoms with van der Waals surface area (Å²) >= 11 is 11.1. The second kappa shape index (κ2) is 5.33. The lowest BCUT2D eigenvalue weighted by Crippen LogP contribution is -2.12. The topological polar surface area (TPSA) is 50.9 Å². The van der Waals surface area contributed by atoms with Crippen molar-refractivity contribution in [3.8, 4) is 0 Å². The smallest absolute Gasteiger partial charge is 0.140 e.